The summed E-state index contributed by atoms with van der Waals surface area (Å²) in [6, 6.07) is 7.54. The fourth-order valence-electron chi connectivity index (χ4n) is 10.2. The van der Waals surface area contributed by atoms with Gasteiger partial charge in [0.1, 0.15) is 0 Å². The summed E-state index contributed by atoms with van der Waals surface area (Å²) in [5.74, 6) is 0.721. The molecule has 4 fully saturated rings. The summed E-state index contributed by atoms with van der Waals surface area (Å²) < 4.78 is -0.102. The lowest BCUT2D eigenvalue weighted by Crippen LogP contribution is -2.63. The lowest BCUT2D eigenvalue weighted by atomic mass is 9.45. The molecule has 1 amide bonds. The van der Waals surface area contributed by atoms with Gasteiger partial charge in [0.2, 0.25) is 5.91 Å². The topological polar surface area (TPSA) is 120 Å². The van der Waals surface area contributed by atoms with Crippen molar-refractivity contribution >= 4 is 35.4 Å². The third-order valence-electron chi connectivity index (χ3n) is 12.7. The molecule has 1 aromatic carbocycles. The number of unbranched alkanes of at least 4 members (excludes halogenated alkanes) is 1. The Morgan fingerprint density at radius 3 is 2.69 bits per heavy atom. The van der Waals surface area contributed by atoms with E-state index in [4.69, 9.17) is 23.5 Å². The molecule has 2 aromatic rings. The predicted molar refractivity (Wildman–Crippen MR) is 168 cm³/mol. The van der Waals surface area contributed by atoms with E-state index in [1.807, 2.05) is 29.3 Å². The minimum atomic E-state index is -0.726. The number of carbonyl (C=O) groups excluding carboxylic acids is 1. The highest BCUT2D eigenvalue weighted by Gasteiger charge is 2.65. The van der Waals surface area contributed by atoms with Gasteiger partial charge in [0.25, 0.3) is 0 Å². The van der Waals surface area contributed by atoms with E-state index >= 15 is 0 Å². The van der Waals surface area contributed by atoms with E-state index in [9.17, 15) is 14.7 Å². The number of hydrogen-bond donors (Lipinski definition) is 5. The third-order valence-corrected chi connectivity index (χ3v) is 13.7. The number of aliphatic hydroxyl groups excluding tert-OH is 1. The smallest absolute Gasteiger partial charge is 0.303 e. The quantitative estimate of drug-likeness (QED) is 0.206. The highest BCUT2D eigenvalue weighted by Crippen LogP contribution is 2.69. The molecule has 1 saturated heterocycles. The number of nitrogens with zero attached hydrogens (tertiary/aromatic N) is 1. The van der Waals surface area contributed by atoms with Crippen LogP contribution in [0.4, 0.5) is 0 Å². The number of aliphatic hydroxyl groups is 1. The van der Waals surface area contributed by atoms with Crippen molar-refractivity contribution in [1.29, 1.82) is 0 Å². The number of carbonyl (C=O) groups is 2. The van der Waals surface area contributed by atoms with Crippen molar-refractivity contribution < 1.29 is 19.8 Å². The average Bonchev–Trinajstić information content (AvgIpc) is 3.49. The Labute approximate surface area is 255 Å². The van der Waals surface area contributed by atoms with Crippen LogP contribution >= 0.6 is 12.6 Å². The van der Waals surface area contributed by atoms with E-state index in [0.29, 0.717) is 31.2 Å². The number of carboxylic acid groups (broad SMARTS) is 1. The maximum Gasteiger partial charge on any atom is 0.303 e. The number of aromatic amines is 1. The summed E-state index contributed by atoms with van der Waals surface area (Å²) in [7, 11) is 0. The second-order valence-electron chi connectivity index (χ2n) is 14.6. The summed E-state index contributed by atoms with van der Waals surface area (Å²) in [5, 5.41) is 21.9. The number of thiol groups is 1. The lowest BCUT2D eigenvalue weighted by molar-refractivity contribution is -0.173. The molecular formula is C34H49N3O4S. The number of amides is 1. The van der Waals surface area contributed by atoms with E-state index in [1.165, 1.54) is 0 Å². The number of benzene rings is 1. The van der Waals surface area contributed by atoms with Gasteiger partial charge in [-0.15, -0.1) is 0 Å². The summed E-state index contributed by atoms with van der Waals surface area (Å²) in [4.78, 5) is 29.9. The Kier molecular flexibility index (Phi) is 7.97. The Bertz CT molecular complexity index is 1330. The molecule has 0 radical (unpaired) electrons. The zero-order valence-corrected chi connectivity index (χ0v) is 26.1. The van der Waals surface area contributed by atoms with Gasteiger partial charge in [0.15, 0.2) is 0 Å². The Hall–Kier alpha value is -2.03. The SMILES string of the molecule is CC12CCN(C(=O)C(N)Cc3c[nH]c4ccccc34)CC1CC(O)C1C2CCC2(C)C1CCC2(S)CCCCC(=O)O. The number of likely N-dealkylation sites (tertiary alicyclic amines) is 1. The van der Waals surface area contributed by atoms with Crippen LogP contribution in [0.1, 0.15) is 83.6 Å². The Morgan fingerprint density at radius 2 is 1.90 bits per heavy atom. The average molecular weight is 596 g/mol. The van der Waals surface area contributed by atoms with Crippen molar-refractivity contribution in [2.75, 3.05) is 13.1 Å². The molecule has 0 bridgehead atoms. The van der Waals surface area contributed by atoms with Crippen LogP contribution in [0.2, 0.25) is 0 Å². The summed E-state index contributed by atoms with van der Waals surface area (Å²) in [6.07, 6.45) is 10.9. The molecule has 1 aromatic heterocycles. The molecule has 0 spiro atoms. The van der Waals surface area contributed by atoms with Gasteiger partial charge >= 0.3 is 5.97 Å². The third kappa shape index (κ3) is 4.89. The molecule has 3 aliphatic carbocycles. The largest absolute Gasteiger partial charge is 0.481 e. The van der Waals surface area contributed by atoms with E-state index in [0.717, 1.165) is 74.4 Å². The number of nitrogens with two attached hydrogens (primary N) is 1. The molecule has 9 unspecified atom stereocenters. The summed E-state index contributed by atoms with van der Waals surface area (Å²) in [6.45, 7) is 6.25. The maximum absolute atomic E-state index is 13.6. The first-order valence-corrected chi connectivity index (χ1v) is 16.6. The van der Waals surface area contributed by atoms with Crippen LogP contribution in [0.25, 0.3) is 10.9 Å². The van der Waals surface area contributed by atoms with Crippen molar-refractivity contribution in [3.8, 4) is 0 Å². The Balaban J connectivity index is 1.13. The van der Waals surface area contributed by atoms with E-state index < -0.39 is 12.0 Å². The van der Waals surface area contributed by atoms with Crippen LogP contribution in [-0.4, -0.2) is 62.0 Å². The first kappa shape index (κ1) is 30.0. The van der Waals surface area contributed by atoms with Crippen molar-refractivity contribution in [2.45, 2.75) is 101 Å². The molecule has 1 aliphatic heterocycles. The van der Waals surface area contributed by atoms with Crippen LogP contribution in [0.5, 0.6) is 0 Å². The van der Waals surface area contributed by atoms with Gasteiger partial charge in [0.05, 0.1) is 12.1 Å². The molecule has 230 valence electrons. The zero-order valence-electron chi connectivity index (χ0n) is 25.2. The molecule has 6 rings (SSSR count). The first-order chi connectivity index (χ1) is 20.0. The number of H-pyrrole nitrogens is 1. The van der Waals surface area contributed by atoms with Crippen LogP contribution in [0, 0.1) is 34.5 Å². The fraction of sp³-hybridized carbons (Fsp3) is 0.706. The number of carboxylic acids is 1. The van der Waals surface area contributed by atoms with Gasteiger partial charge in [-0.2, -0.15) is 12.6 Å². The molecule has 5 N–H and O–H groups in total. The van der Waals surface area contributed by atoms with Gasteiger partial charge in [0, 0.05) is 41.4 Å². The monoisotopic (exact) mass is 595 g/mol. The van der Waals surface area contributed by atoms with E-state index in [-0.39, 0.29) is 45.8 Å². The van der Waals surface area contributed by atoms with Gasteiger partial charge in [-0.05, 0) is 104 Å². The predicted octanol–water partition coefficient (Wildman–Crippen LogP) is 5.41. The van der Waals surface area contributed by atoms with Gasteiger partial charge < -0.3 is 25.8 Å². The van der Waals surface area contributed by atoms with Gasteiger partial charge in [-0.25, -0.2) is 0 Å². The zero-order chi connectivity index (χ0) is 29.9. The second kappa shape index (κ2) is 11.2. The normalized spacial score (nSPS) is 38.5. The number of nitrogens with one attached hydrogen (secondary N) is 1. The molecule has 42 heavy (non-hydrogen) atoms. The number of aromatic nitrogens is 1. The molecule has 8 heteroatoms. The van der Waals surface area contributed by atoms with Crippen molar-refractivity contribution in [2.24, 2.45) is 40.2 Å². The molecule has 7 nitrogen and oxygen atoms in total. The first-order valence-electron chi connectivity index (χ1n) is 16.2. The highest BCUT2D eigenvalue weighted by atomic mass is 32.1. The van der Waals surface area contributed by atoms with Gasteiger partial charge in [-0.1, -0.05) is 38.5 Å². The summed E-state index contributed by atoms with van der Waals surface area (Å²) in [5.41, 5.74) is 8.82. The van der Waals surface area contributed by atoms with Crippen LogP contribution < -0.4 is 5.73 Å². The summed E-state index contributed by atoms with van der Waals surface area (Å²) >= 11 is 5.33. The number of piperidine rings is 1. The lowest BCUT2D eigenvalue weighted by Gasteiger charge is -2.63. The number of aliphatic carboxylic acids is 1. The van der Waals surface area contributed by atoms with E-state index in [1.54, 1.807) is 0 Å². The van der Waals surface area contributed by atoms with Crippen molar-refractivity contribution in [1.82, 2.24) is 9.88 Å². The molecule has 4 aliphatic rings. The minimum absolute atomic E-state index is 0.0220. The van der Waals surface area contributed by atoms with Crippen LogP contribution in [0.15, 0.2) is 30.5 Å². The molecular weight excluding hydrogens is 546 g/mol. The fourth-order valence-corrected chi connectivity index (χ4v) is 10.8. The van der Waals surface area contributed by atoms with Crippen LogP contribution in [-0.2, 0) is 16.0 Å². The van der Waals surface area contributed by atoms with Crippen LogP contribution in [0.3, 0.4) is 0 Å². The van der Waals surface area contributed by atoms with E-state index in [2.05, 4.69) is 24.9 Å². The molecule has 9 atom stereocenters. The molecule has 3 saturated carbocycles. The minimum Gasteiger partial charge on any atom is -0.481 e. The molecule has 2 heterocycles. The number of para-hydroxylation sites is 1. The Morgan fingerprint density at radius 1 is 1.14 bits per heavy atom. The van der Waals surface area contributed by atoms with Crippen molar-refractivity contribution in [3.05, 3.63) is 36.0 Å². The van der Waals surface area contributed by atoms with Gasteiger partial charge in [-0.3, -0.25) is 9.59 Å². The number of fused-ring (bicyclic) bond motifs is 6. The standard InChI is InChI=1S/C34H49N3O4S/c1-32-15-16-37(31(41)26(35)17-21-19-36-27-8-4-3-7-23(21)27)20-22(32)18-28(38)30-24(32)10-13-33(2)25(30)11-14-34(33,42)12-6-5-9-29(39)40/h3-4,7-8,19,22,24-26,28,30,36,38,42H,5-6,9-18,20,35H2,1-2H3,(H,39,40). The van der Waals surface area contributed by atoms with Crippen molar-refractivity contribution in [3.63, 3.8) is 0 Å². The number of hydrogen-bond acceptors (Lipinski definition) is 5. The second-order valence-corrected chi connectivity index (χ2v) is 15.5. The highest BCUT2D eigenvalue weighted by molar-refractivity contribution is 7.81. The maximum atomic E-state index is 13.6. The number of rotatable bonds is 8.